The smallest absolute Gasteiger partial charge is 0.0490 e. The third-order valence-corrected chi connectivity index (χ3v) is 4.83. The van der Waals surface area contributed by atoms with Gasteiger partial charge in [0.2, 0.25) is 0 Å². The predicted molar refractivity (Wildman–Crippen MR) is 116 cm³/mol. The van der Waals surface area contributed by atoms with Crippen LogP contribution in [0.5, 0.6) is 0 Å². The number of hydrogen-bond donors (Lipinski definition) is 1. The largest absolute Gasteiger partial charge is 0.336 e. The second kappa shape index (κ2) is 9.18. The van der Waals surface area contributed by atoms with Crippen LogP contribution in [-0.4, -0.2) is 11.1 Å². The van der Waals surface area contributed by atoms with E-state index in [2.05, 4.69) is 91.6 Å². The second-order valence-corrected chi connectivity index (χ2v) is 6.91. The summed E-state index contributed by atoms with van der Waals surface area (Å²) in [6.07, 6.45) is 21.9. The van der Waals surface area contributed by atoms with Crippen molar-refractivity contribution in [2.24, 2.45) is 0 Å². The van der Waals surface area contributed by atoms with Crippen LogP contribution in [0, 0.1) is 5.41 Å². The van der Waals surface area contributed by atoms with E-state index in [-0.39, 0.29) is 0 Å². The average Bonchev–Trinajstić information content (AvgIpc) is 2.94. The molecule has 0 saturated heterocycles. The molecule has 27 heavy (non-hydrogen) atoms. The summed E-state index contributed by atoms with van der Waals surface area (Å²) in [7, 11) is 0. The molecule has 0 saturated carbocycles. The Morgan fingerprint density at radius 3 is 2.78 bits per heavy atom. The minimum Gasteiger partial charge on any atom is -0.336 e. The minimum absolute atomic E-state index is 0.695. The number of nitrogens with zero attached hydrogens (tertiary/aromatic N) is 1. The molecule has 0 fully saturated rings. The van der Waals surface area contributed by atoms with Crippen molar-refractivity contribution < 1.29 is 0 Å². The highest BCUT2D eigenvalue weighted by atomic mass is 15.2. The number of fused-ring (bicyclic) bond motifs is 2. The zero-order chi connectivity index (χ0) is 19.1. The van der Waals surface area contributed by atoms with Crippen molar-refractivity contribution in [3.63, 3.8) is 0 Å². The summed E-state index contributed by atoms with van der Waals surface area (Å²) >= 11 is 0. The van der Waals surface area contributed by atoms with E-state index in [9.17, 15) is 0 Å². The van der Waals surface area contributed by atoms with E-state index >= 15 is 0 Å². The Kier molecular flexibility index (Phi) is 6.43. The van der Waals surface area contributed by atoms with Crippen LogP contribution in [0.3, 0.4) is 0 Å². The topological polar surface area (TPSA) is 27.1 Å². The second-order valence-electron chi connectivity index (χ2n) is 6.91. The maximum Gasteiger partial charge on any atom is 0.0490 e. The minimum atomic E-state index is 0.695. The molecule has 1 N–H and O–H groups in total. The summed E-state index contributed by atoms with van der Waals surface area (Å²) in [4.78, 5) is 2.41. The van der Waals surface area contributed by atoms with Gasteiger partial charge in [0.15, 0.2) is 0 Å². The summed E-state index contributed by atoms with van der Waals surface area (Å²) in [5.41, 5.74) is 7.61. The van der Waals surface area contributed by atoms with Gasteiger partial charge in [-0.3, -0.25) is 0 Å². The van der Waals surface area contributed by atoms with E-state index < -0.39 is 0 Å². The summed E-state index contributed by atoms with van der Waals surface area (Å²) in [6.45, 7) is 5.10. The Balaban J connectivity index is 2.10. The molecular weight excluding hydrogens is 328 g/mol. The lowest BCUT2D eigenvalue weighted by atomic mass is 9.92. The normalized spacial score (nSPS) is 17.2. The number of rotatable bonds is 6. The Morgan fingerprint density at radius 2 is 1.96 bits per heavy atom. The Bertz CT molecular complexity index is 875. The van der Waals surface area contributed by atoms with Crippen LogP contribution in [0.1, 0.15) is 44.2 Å². The van der Waals surface area contributed by atoms with Crippen molar-refractivity contribution in [2.45, 2.75) is 39.7 Å². The first-order valence-corrected chi connectivity index (χ1v) is 9.70. The van der Waals surface area contributed by atoms with Crippen molar-refractivity contribution in [1.82, 2.24) is 4.90 Å². The van der Waals surface area contributed by atoms with Crippen LogP contribution in [0.15, 0.2) is 89.8 Å². The Morgan fingerprint density at radius 1 is 1.15 bits per heavy atom. The van der Waals surface area contributed by atoms with Gasteiger partial charge in [0.05, 0.1) is 0 Å². The summed E-state index contributed by atoms with van der Waals surface area (Å²) in [5, 5.41) is 7.32. The van der Waals surface area contributed by atoms with Gasteiger partial charge in [-0.1, -0.05) is 67.1 Å². The van der Waals surface area contributed by atoms with Crippen LogP contribution in [-0.2, 0) is 6.54 Å². The van der Waals surface area contributed by atoms with Gasteiger partial charge in [0, 0.05) is 29.9 Å². The van der Waals surface area contributed by atoms with Gasteiger partial charge in [-0.2, -0.15) is 0 Å². The summed E-state index contributed by atoms with van der Waals surface area (Å²) in [6, 6.07) is 8.70. The van der Waals surface area contributed by atoms with Crippen LogP contribution in [0.2, 0.25) is 0 Å². The lowest BCUT2D eigenvalue weighted by Gasteiger charge is -2.34. The molecule has 1 aromatic carbocycles. The highest BCUT2D eigenvalue weighted by Crippen LogP contribution is 2.37. The third kappa shape index (κ3) is 4.46. The van der Waals surface area contributed by atoms with Crippen LogP contribution < -0.4 is 0 Å². The fourth-order valence-electron chi connectivity index (χ4n) is 3.42. The molecule has 0 bridgehead atoms. The molecule has 2 heteroatoms. The lowest BCUT2D eigenvalue weighted by Crippen LogP contribution is -2.25. The van der Waals surface area contributed by atoms with E-state index in [1.54, 1.807) is 0 Å². The maximum atomic E-state index is 7.32. The van der Waals surface area contributed by atoms with Gasteiger partial charge in [-0.25, -0.2) is 0 Å². The van der Waals surface area contributed by atoms with Crippen LogP contribution >= 0.6 is 0 Å². The number of hydrogen-bond acceptors (Lipinski definition) is 2. The quantitative estimate of drug-likeness (QED) is 0.453. The Hall–Kier alpha value is -2.87. The standard InChI is InChI=1S/C25H28N2/c1-3-4-11-22(16-15-20(2)17-18-26)27-19-21-10-8-9-12-23(21)24-13-6-5-7-14-25(24)27/h4,6-16,18,26H,3,5,17,19H2,1-2H3/b11-4?,20-15+,22-16+,26-18?. The van der Waals surface area contributed by atoms with Crippen molar-refractivity contribution >= 4 is 11.8 Å². The zero-order valence-electron chi connectivity index (χ0n) is 16.3. The van der Waals surface area contributed by atoms with Gasteiger partial charge in [0.25, 0.3) is 0 Å². The van der Waals surface area contributed by atoms with Crippen LogP contribution in [0.25, 0.3) is 5.57 Å². The number of nitrogens with one attached hydrogen (secondary N) is 1. The molecule has 0 atom stereocenters. The molecule has 1 aliphatic heterocycles. The number of allylic oxidation sites excluding steroid dienone is 10. The third-order valence-electron chi connectivity index (χ3n) is 4.83. The fraction of sp³-hybridized carbons (Fsp3) is 0.240. The molecule has 3 rings (SSSR count). The van der Waals surface area contributed by atoms with E-state index in [4.69, 9.17) is 5.41 Å². The Labute approximate surface area is 163 Å². The van der Waals surface area contributed by atoms with Crippen molar-refractivity contribution in [3.8, 4) is 0 Å². The molecule has 1 heterocycles. The molecule has 2 aliphatic rings. The highest BCUT2D eigenvalue weighted by molar-refractivity contribution is 5.82. The van der Waals surface area contributed by atoms with Gasteiger partial charge in [-0.05, 0) is 55.3 Å². The molecule has 0 aromatic heterocycles. The first-order chi connectivity index (χ1) is 13.2. The first kappa shape index (κ1) is 18.9. The molecule has 1 aliphatic carbocycles. The van der Waals surface area contributed by atoms with E-state index in [1.807, 2.05) is 0 Å². The molecule has 1 aromatic rings. The van der Waals surface area contributed by atoms with Crippen molar-refractivity contribution in [2.75, 3.05) is 0 Å². The maximum absolute atomic E-state index is 7.32. The van der Waals surface area contributed by atoms with Gasteiger partial charge >= 0.3 is 0 Å². The van der Waals surface area contributed by atoms with Crippen molar-refractivity contribution in [1.29, 1.82) is 5.41 Å². The first-order valence-electron chi connectivity index (χ1n) is 9.70. The SMILES string of the molecule is CCC=C/C(=C\C=C(/C)CC=N)N1Cc2ccccc2C2=C1C=CCC=C2. The van der Waals surface area contributed by atoms with Gasteiger partial charge in [0.1, 0.15) is 0 Å². The zero-order valence-corrected chi connectivity index (χ0v) is 16.3. The van der Waals surface area contributed by atoms with Crippen molar-refractivity contribution in [3.05, 3.63) is 101 Å². The molecule has 0 radical (unpaired) electrons. The predicted octanol–water partition coefficient (Wildman–Crippen LogP) is 6.57. The van der Waals surface area contributed by atoms with Gasteiger partial charge in [-0.15, -0.1) is 0 Å². The molecule has 0 spiro atoms. The van der Waals surface area contributed by atoms with E-state index in [0.29, 0.717) is 6.42 Å². The summed E-state index contributed by atoms with van der Waals surface area (Å²) in [5.74, 6) is 0. The molecular formula is C25H28N2. The number of benzene rings is 1. The fourth-order valence-corrected chi connectivity index (χ4v) is 3.42. The molecule has 0 amide bonds. The monoisotopic (exact) mass is 356 g/mol. The molecule has 0 unspecified atom stereocenters. The lowest BCUT2D eigenvalue weighted by molar-refractivity contribution is 0.441. The van der Waals surface area contributed by atoms with Gasteiger partial charge < -0.3 is 10.3 Å². The highest BCUT2D eigenvalue weighted by Gasteiger charge is 2.23. The van der Waals surface area contributed by atoms with E-state index in [0.717, 1.165) is 19.4 Å². The summed E-state index contributed by atoms with van der Waals surface area (Å²) < 4.78 is 0. The van der Waals surface area contributed by atoms with E-state index in [1.165, 1.54) is 39.9 Å². The average molecular weight is 357 g/mol. The molecule has 2 nitrogen and oxygen atoms in total. The molecule has 138 valence electrons. The van der Waals surface area contributed by atoms with Crippen LogP contribution in [0.4, 0.5) is 0 Å².